The van der Waals surface area contributed by atoms with Crippen LogP contribution in [0.2, 0.25) is 0 Å². The standard InChI is InChI=1S/C21H17FN2OS2/c1-12-6-8-15(9-7-12)17-13(2)27-20-18(17)19(25)23-21(24-20)26-11-14-4-3-5-16(22)10-14/h3-10H,11H2,1-2H3,(H,23,24,25). The fourth-order valence-electron chi connectivity index (χ4n) is 3.01. The molecule has 0 radical (unpaired) electrons. The molecule has 0 fully saturated rings. The van der Waals surface area contributed by atoms with Gasteiger partial charge in [-0.15, -0.1) is 11.3 Å². The van der Waals surface area contributed by atoms with E-state index in [1.54, 1.807) is 6.07 Å². The lowest BCUT2D eigenvalue weighted by Crippen LogP contribution is -2.08. The number of halogens is 1. The van der Waals surface area contributed by atoms with Crippen LogP contribution in [-0.2, 0) is 5.75 Å². The summed E-state index contributed by atoms with van der Waals surface area (Å²) in [6, 6.07) is 14.6. The van der Waals surface area contributed by atoms with Crippen molar-refractivity contribution >= 4 is 33.3 Å². The van der Waals surface area contributed by atoms with Gasteiger partial charge in [0.1, 0.15) is 10.6 Å². The molecular formula is C21H17FN2OS2. The van der Waals surface area contributed by atoms with E-state index in [1.807, 2.05) is 44.2 Å². The molecule has 4 aromatic rings. The first kappa shape index (κ1) is 17.9. The molecule has 2 aromatic heterocycles. The summed E-state index contributed by atoms with van der Waals surface area (Å²) in [5.74, 6) is 0.281. The number of thioether (sulfide) groups is 1. The predicted octanol–water partition coefficient (Wildman–Crippen LogP) is 5.70. The van der Waals surface area contributed by atoms with E-state index in [9.17, 15) is 9.18 Å². The molecule has 2 heterocycles. The molecule has 0 spiro atoms. The van der Waals surface area contributed by atoms with Crippen molar-refractivity contribution < 1.29 is 4.39 Å². The van der Waals surface area contributed by atoms with Gasteiger partial charge in [-0.25, -0.2) is 9.37 Å². The van der Waals surface area contributed by atoms with Gasteiger partial charge in [0.05, 0.1) is 5.39 Å². The first-order valence-corrected chi connectivity index (χ1v) is 10.3. The number of nitrogens with one attached hydrogen (secondary N) is 1. The Labute approximate surface area is 164 Å². The molecule has 0 saturated carbocycles. The maximum atomic E-state index is 13.3. The number of aromatic nitrogens is 2. The maximum Gasteiger partial charge on any atom is 0.260 e. The van der Waals surface area contributed by atoms with Crippen molar-refractivity contribution in [3.63, 3.8) is 0 Å². The summed E-state index contributed by atoms with van der Waals surface area (Å²) >= 11 is 2.92. The number of fused-ring (bicyclic) bond motifs is 1. The Morgan fingerprint density at radius 2 is 1.93 bits per heavy atom. The second-order valence-corrected chi connectivity index (χ2v) is 8.54. The lowest BCUT2D eigenvalue weighted by molar-refractivity contribution is 0.626. The highest BCUT2D eigenvalue weighted by atomic mass is 32.2. The molecule has 4 rings (SSSR count). The molecular weight excluding hydrogens is 379 g/mol. The van der Waals surface area contributed by atoms with Crippen LogP contribution < -0.4 is 5.56 Å². The molecule has 27 heavy (non-hydrogen) atoms. The number of aromatic amines is 1. The summed E-state index contributed by atoms with van der Waals surface area (Å²) in [7, 11) is 0. The number of rotatable bonds is 4. The van der Waals surface area contributed by atoms with Gasteiger partial charge in [0.15, 0.2) is 5.16 Å². The number of benzene rings is 2. The Morgan fingerprint density at radius 3 is 2.67 bits per heavy atom. The molecule has 0 saturated heterocycles. The predicted molar refractivity (Wildman–Crippen MR) is 111 cm³/mol. The Morgan fingerprint density at radius 1 is 1.15 bits per heavy atom. The molecule has 0 aliphatic heterocycles. The number of aryl methyl sites for hydroxylation is 2. The van der Waals surface area contributed by atoms with E-state index in [0.717, 1.165) is 26.4 Å². The normalized spacial score (nSPS) is 11.2. The number of nitrogens with zero attached hydrogens (tertiary/aromatic N) is 1. The molecule has 0 aliphatic carbocycles. The van der Waals surface area contributed by atoms with Gasteiger partial charge in [0, 0.05) is 16.2 Å². The maximum absolute atomic E-state index is 13.3. The Hall–Kier alpha value is -2.44. The van der Waals surface area contributed by atoms with Crippen LogP contribution in [0.4, 0.5) is 4.39 Å². The summed E-state index contributed by atoms with van der Waals surface area (Å²) < 4.78 is 13.3. The van der Waals surface area contributed by atoms with Crippen molar-refractivity contribution in [2.24, 2.45) is 0 Å². The Bertz CT molecular complexity index is 1180. The van der Waals surface area contributed by atoms with Crippen LogP contribution >= 0.6 is 23.1 Å². The minimum absolute atomic E-state index is 0.137. The summed E-state index contributed by atoms with van der Waals surface area (Å²) in [5.41, 5.74) is 3.87. The quantitative estimate of drug-likeness (QED) is 0.355. The monoisotopic (exact) mass is 396 g/mol. The van der Waals surface area contributed by atoms with Crippen LogP contribution in [0.15, 0.2) is 58.5 Å². The van der Waals surface area contributed by atoms with E-state index in [4.69, 9.17) is 0 Å². The van der Waals surface area contributed by atoms with Crippen molar-refractivity contribution in [1.82, 2.24) is 9.97 Å². The molecule has 0 amide bonds. The fraction of sp³-hybridized carbons (Fsp3) is 0.143. The topological polar surface area (TPSA) is 45.8 Å². The average molecular weight is 397 g/mol. The highest BCUT2D eigenvalue weighted by molar-refractivity contribution is 7.98. The van der Waals surface area contributed by atoms with Crippen molar-refractivity contribution in [2.75, 3.05) is 0 Å². The van der Waals surface area contributed by atoms with E-state index < -0.39 is 0 Å². The fourth-order valence-corrected chi connectivity index (χ4v) is 4.92. The smallest absolute Gasteiger partial charge is 0.260 e. The zero-order valence-corrected chi connectivity index (χ0v) is 16.5. The highest BCUT2D eigenvalue weighted by Crippen LogP contribution is 2.36. The second kappa shape index (κ2) is 7.29. The van der Waals surface area contributed by atoms with Gasteiger partial charge in [0.2, 0.25) is 0 Å². The van der Waals surface area contributed by atoms with Gasteiger partial charge in [-0.3, -0.25) is 4.79 Å². The van der Waals surface area contributed by atoms with Crippen molar-refractivity contribution in [2.45, 2.75) is 24.8 Å². The minimum Gasteiger partial charge on any atom is -0.301 e. The molecule has 1 N–H and O–H groups in total. The van der Waals surface area contributed by atoms with Crippen LogP contribution in [-0.4, -0.2) is 9.97 Å². The van der Waals surface area contributed by atoms with Gasteiger partial charge in [0.25, 0.3) is 5.56 Å². The molecule has 0 bridgehead atoms. The number of hydrogen-bond donors (Lipinski definition) is 1. The third-order valence-electron chi connectivity index (χ3n) is 4.32. The summed E-state index contributed by atoms with van der Waals surface area (Å²) in [5, 5.41) is 1.19. The molecule has 2 aromatic carbocycles. The Balaban J connectivity index is 1.70. The van der Waals surface area contributed by atoms with Crippen molar-refractivity contribution in [3.8, 4) is 11.1 Å². The van der Waals surface area contributed by atoms with Crippen LogP contribution in [0.3, 0.4) is 0 Å². The number of H-pyrrole nitrogens is 1. The highest BCUT2D eigenvalue weighted by Gasteiger charge is 2.16. The molecule has 0 aliphatic rings. The summed E-state index contributed by atoms with van der Waals surface area (Å²) in [6.45, 7) is 4.05. The van der Waals surface area contributed by atoms with Crippen LogP contribution in [0.1, 0.15) is 16.0 Å². The van der Waals surface area contributed by atoms with Crippen LogP contribution in [0, 0.1) is 19.7 Å². The molecule has 6 heteroatoms. The van der Waals surface area contributed by atoms with E-state index in [2.05, 4.69) is 9.97 Å². The van der Waals surface area contributed by atoms with Crippen LogP contribution in [0.25, 0.3) is 21.3 Å². The zero-order chi connectivity index (χ0) is 19.0. The molecule has 0 unspecified atom stereocenters. The number of thiophene rings is 1. The zero-order valence-electron chi connectivity index (χ0n) is 14.9. The van der Waals surface area contributed by atoms with Crippen molar-refractivity contribution in [1.29, 1.82) is 0 Å². The van der Waals surface area contributed by atoms with E-state index in [-0.39, 0.29) is 11.4 Å². The lowest BCUT2D eigenvalue weighted by Gasteiger charge is -2.04. The SMILES string of the molecule is Cc1ccc(-c2c(C)sc3nc(SCc4cccc(F)c4)[nH]c(=O)c23)cc1. The summed E-state index contributed by atoms with van der Waals surface area (Å²) in [4.78, 5) is 22.1. The van der Waals surface area contributed by atoms with Gasteiger partial charge in [-0.2, -0.15) is 0 Å². The lowest BCUT2D eigenvalue weighted by atomic mass is 10.0. The van der Waals surface area contributed by atoms with Gasteiger partial charge >= 0.3 is 0 Å². The molecule has 136 valence electrons. The Kier molecular flexibility index (Phi) is 4.85. The van der Waals surface area contributed by atoms with Crippen molar-refractivity contribution in [3.05, 3.63) is 80.7 Å². The molecule has 3 nitrogen and oxygen atoms in total. The number of hydrogen-bond acceptors (Lipinski definition) is 4. The largest absolute Gasteiger partial charge is 0.301 e. The first-order chi connectivity index (χ1) is 13.0. The van der Waals surface area contributed by atoms with Gasteiger partial charge in [-0.1, -0.05) is 53.7 Å². The molecule has 0 atom stereocenters. The van der Waals surface area contributed by atoms with E-state index in [0.29, 0.717) is 16.3 Å². The van der Waals surface area contributed by atoms with Gasteiger partial charge < -0.3 is 4.98 Å². The third kappa shape index (κ3) is 3.68. The van der Waals surface area contributed by atoms with E-state index >= 15 is 0 Å². The first-order valence-electron chi connectivity index (χ1n) is 8.49. The second-order valence-electron chi connectivity index (χ2n) is 6.37. The third-order valence-corrected chi connectivity index (χ3v) is 6.26. The average Bonchev–Trinajstić information content (AvgIpc) is 2.97. The van der Waals surface area contributed by atoms with E-state index in [1.165, 1.54) is 40.8 Å². The van der Waals surface area contributed by atoms with Gasteiger partial charge in [-0.05, 0) is 37.1 Å². The minimum atomic E-state index is -0.262. The van der Waals surface area contributed by atoms with Crippen LogP contribution in [0.5, 0.6) is 0 Å². The summed E-state index contributed by atoms with van der Waals surface area (Å²) in [6.07, 6.45) is 0.